The van der Waals surface area contributed by atoms with Crippen LogP contribution in [0, 0.1) is 29.3 Å². The molecule has 1 nitrogen and oxygen atoms in total. The summed E-state index contributed by atoms with van der Waals surface area (Å²) in [4.78, 5) is 0. The van der Waals surface area contributed by atoms with Gasteiger partial charge in [-0.3, -0.25) is 0 Å². The minimum Gasteiger partial charge on any atom is -0.500 e. The van der Waals surface area contributed by atoms with Crippen LogP contribution in [0.4, 0.5) is 0 Å². The molecule has 0 saturated heterocycles. The molecular weight excluding hydrogens is 320 g/mol. The fraction of sp³-hybridized carbons (Fsp3) is 0.826. The highest BCUT2D eigenvalue weighted by atomic mass is 28.4. The van der Waals surface area contributed by atoms with Crippen molar-refractivity contribution in [3.63, 3.8) is 0 Å². The van der Waals surface area contributed by atoms with Crippen molar-refractivity contribution in [2.45, 2.75) is 104 Å². The standard InChI is InChI=1S/C23H42OSi/c1-10-13-22-15-11-14-21(8)23(22,9)16-12-17-24-25(18(2)3,19(4)5)20(6)7/h10,18-22H,1,11,13-16H2,2-9H3/t21-,22-,23+/m1/s1. The molecule has 1 fully saturated rings. The van der Waals surface area contributed by atoms with Crippen LogP contribution in [0.3, 0.4) is 0 Å². The van der Waals surface area contributed by atoms with Crippen LogP contribution in [0.15, 0.2) is 12.7 Å². The SMILES string of the molecule is C=CC[C@@H]1CCC[C@@H](C)[C@]1(C)CC#CO[Si](C(C)C)(C(C)C)C(C)C. The van der Waals surface area contributed by atoms with Gasteiger partial charge in [-0.25, -0.2) is 0 Å². The van der Waals surface area contributed by atoms with E-state index in [1.54, 1.807) is 0 Å². The molecule has 3 atom stereocenters. The van der Waals surface area contributed by atoms with Gasteiger partial charge in [0, 0.05) is 6.42 Å². The van der Waals surface area contributed by atoms with E-state index in [1.807, 2.05) is 0 Å². The molecule has 1 saturated carbocycles. The zero-order chi connectivity index (χ0) is 19.3. The molecule has 1 aliphatic rings. The van der Waals surface area contributed by atoms with Crippen LogP contribution in [0.2, 0.25) is 16.6 Å². The third kappa shape index (κ3) is 4.73. The summed E-state index contributed by atoms with van der Waals surface area (Å²) >= 11 is 0. The second-order valence-corrected chi connectivity index (χ2v) is 14.8. The second kappa shape index (κ2) is 9.31. The Morgan fingerprint density at radius 1 is 1.12 bits per heavy atom. The Labute approximate surface area is 159 Å². The third-order valence-electron chi connectivity index (χ3n) is 7.18. The highest BCUT2D eigenvalue weighted by Gasteiger charge is 2.47. The van der Waals surface area contributed by atoms with Gasteiger partial charge in [0.25, 0.3) is 8.32 Å². The van der Waals surface area contributed by atoms with Crippen molar-refractivity contribution < 1.29 is 4.43 Å². The fourth-order valence-corrected chi connectivity index (χ4v) is 10.3. The van der Waals surface area contributed by atoms with Crippen molar-refractivity contribution in [3.05, 3.63) is 12.7 Å². The van der Waals surface area contributed by atoms with Gasteiger partial charge in [0.15, 0.2) is 0 Å². The van der Waals surface area contributed by atoms with Gasteiger partial charge in [0.2, 0.25) is 0 Å². The summed E-state index contributed by atoms with van der Waals surface area (Å²) < 4.78 is 6.44. The van der Waals surface area contributed by atoms with Crippen molar-refractivity contribution in [2.24, 2.45) is 17.3 Å². The number of rotatable bonds is 7. The molecule has 0 radical (unpaired) electrons. The van der Waals surface area contributed by atoms with Crippen molar-refractivity contribution in [1.29, 1.82) is 0 Å². The van der Waals surface area contributed by atoms with Crippen molar-refractivity contribution in [3.8, 4) is 12.0 Å². The molecular formula is C23H42OSi. The molecule has 1 rings (SSSR count). The average Bonchev–Trinajstić information content (AvgIpc) is 2.51. The molecule has 144 valence electrons. The van der Waals surface area contributed by atoms with Crippen molar-refractivity contribution in [1.82, 2.24) is 0 Å². The monoisotopic (exact) mass is 362 g/mol. The van der Waals surface area contributed by atoms with Crippen LogP contribution in [-0.2, 0) is 4.43 Å². The molecule has 1 aliphatic carbocycles. The number of allylic oxidation sites excluding steroid dienone is 1. The molecule has 25 heavy (non-hydrogen) atoms. The van der Waals surface area contributed by atoms with Crippen LogP contribution in [0.25, 0.3) is 0 Å². The quantitative estimate of drug-likeness (QED) is 0.258. The van der Waals surface area contributed by atoms with Gasteiger partial charge in [0.05, 0.1) is 6.11 Å². The highest BCUT2D eigenvalue weighted by Crippen LogP contribution is 2.49. The molecule has 0 aliphatic heterocycles. The minimum atomic E-state index is -1.88. The summed E-state index contributed by atoms with van der Waals surface area (Å²) in [6, 6.07) is 0. The Morgan fingerprint density at radius 2 is 1.68 bits per heavy atom. The molecule has 0 spiro atoms. The minimum absolute atomic E-state index is 0.292. The van der Waals surface area contributed by atoms with E-state index in [1.165, 1.54) is 19.3 Å². The Bertz CT molecular complexity index is 460. The summed E-state index contributed by atoms with van der Waals surface area (Å²) in [6.07, 6.45) is 11.4. The van der Waals surface area contributed by atoms with E-state index in [2.05, 4.69) is 80.1 Å². The molecule has 0 aromatic heterocycles. The van der Waals surface area contributed by atoms with Gasteiger partial charge in [-0.05, 0) is 46.7 Å². The summed E-state index contributed by atoms with van der Waals surface area (Å²) in [5.41, 5.74) is 2.04. The zero-order valence-corrected chi connectivity index (χ0v) is 19.1. The van der Waals surface area contributed by atoms with E-state index < -0.39 is 8.32 Å². The Balaban J connectivity index is 2.93. The van der Waals surface area contributed by atoms with Crippen LogP contribution < -0.4 is 0 Å². The molecule has 0 heterocycles. The maximum absolute atomic E-state index is 6.44. The van der Waals surface area contributed by atoms with Gasteiger partial charge in [-0.2, -0.15) is 0 Å². The largest absolute Gasteiger partial charge is 0.500 e. The lowest BCUT2D eigenvalue weighted by atomic mass is 9.59. The highest BCUT2D eigenvalue weighted by molar-refractivity contribution is 6.77. The lowest BCUT2D eigenvalue weighted by Gasteiger charge is -2.45. The molecule has 0 aromatic rings. The van der Waals surface area contributed by atoms with Gasteiger partial charge in [-0.15, -0.1) is 6.58 Å². The average molecular weight is 363 g/mol. The van der Waals surface area contributed by atoms with Crippen LogP contribution >= 0.6 is 0 Å². The molecule has 0 amide bonds. The molecule has 0 bridgehead atoms. The first-order chi connectivity index (χ1) is 11.6. The van der Waals surface area contributed by atoms with E-state index in [9.17, 15) is 0 Å². The topological polar surface area (TPSA) is 9.23 Å². The molecule has 0 unspecified atom stereocenters. The van der Waals surface area contributed by atoms with Crippen molar-refractivity contribution in [2.75, 3.05) is 0 Å². The van der Waals surface area contributed by atoms with Gasteiger partial charge in [0.1, 0.15) is 0 Å². The molecule has 0 N–H and O–H groups in total. The predicted octanol–water partition coefficient (Wildman–Crippen LogP) is 7.55. The van der Waals surface area contributed by atoms with Crippen molar-refractivity contribution >= 4 is 8.32 Å². The summed E-state index contributed by atoms with van der Waals surface area (Å²) in [5, 5.41) is 0. The van der Waals surface area contributed by atoms with Gasteiger partial charge in [-0.1, -0.05) is 80.2 Å². The Morgan fingerprint density at radius 3 is 2.16 bits per heavy atom. The Kier molecular flexibility index (Phi) is 8.33. The summed E-state index contributed by atoms with van der Waals surface area (Å²) in [6.45, 7) is 22.7. The first-order valence-electron chi connectivity index (χ1n) is 10.4. The van der Waals surface area contributed by atoms with E-state index in [-0.39, 0.29) is 0 Å². The first-order valence-corrected chi connectivity index (χ1v) is 12.5. The zero-order valence-electron chi connectivity index (χ0n) is 18.1. The predicted molar refractivity (Wildman–Crippen MR) is 114 cm³/mol. The summed E-state index contributed by atoms with van der Waals surface area (Å²) in [5.74, 6) is 4.90. The first kappa shape index (κ1) is 22.4. The lowest BCUT2D eigenvalue weighted by molar-refractivity contribution is 0.0574. The van der Waals surface area contributed by atoms with Gasteiger partial charge < -0.3 is 4.43 Å². The fourth-order valence-electron chi connectivity index (χ4n) is 5.34. The maximum Gasteiger partial charge on any atom is 0.272 e. The number of hydrogen-bond donors (Lipinski definition) is 0. The lowest BCUT2D eigenvalue weighted by Crippen LogP contribution is -2.46. The summed E-state index contributed by atoms with van der Waals surface area (Å²) in [7, 11) is -1.88. The third-order valence-corrected chi connectivity index (χ3v) is 13.0. The van der Waals surface area contributed by atoms with E-state index in [4.69, 9.17) is 4.43 Å². The molecule has 0 aromatic carbocycles. The van der Waals surface area contributed by atoms with Crippen LogP contribution in [0.5, 0.6) is 0 Å². The Hall–Kier alpha value is -0.683. The van der Waals surface area contributed by atoms with E-state index in [0.29, 0.717) is 28.0 Å². The molecule has 2 heteroatoms. The maximum atomic E-state index is 6.44. The van der Waals surface area contributed by atoms with Crippen LogP contribution in [0.1, 0.15) is 87.5 Å². The van der Waals surface area contributed by atoms with Gasteiger partial charge >= 0.3 is 0 Å². The normalized spacial score (nSPS) is 27.3. The van der Waals surface area contributed by atoms with E-state index in [0.717, 1.165) is 18.8 Å². The smallest absolute Gasteiger partial charge is 0.272 e. The number of hydrogen-bond acceptors (Lipinski definition) is 1. The van der Waals surface area contributed by atoms with E-state index >= 15 is 0 Å². The second-order valence-electron chi connectivity index (χ2n) is 9.43. The van der Waals surface area contributed by atoms with Crippen LogP contribution in [-0.4, -0.2) is 8.32 Å².